The number of unbranched alkanes of at least 4 members (excludes halogenated alkanes) is 1. The summed E-state index contributed by atoms with van der Waals surface area (Å²) in [6.07, 6.45) is 1.71. The van der Waals surface area contributed by atoms with Crippen molar-refractivity contribution in [2.45, 2.75) is 33.6 Å². The average molecular weight is 515 g/mol. The van der Waals surface area contributed by atoms with Crippen molar-refractivity contribution < 1.29 is 9.59 Å². The molecule has 190 valence electrons. The Labute approximate surface area is 222 Å². The van der Waals surface area contributed by atoms with Gasteiger partial charge in [0.15, 0.2) is 0 Å². The van der Waals surface area contributed by atoms with E-state index in [1.165, 1.54) is 0 Å². The molecule has 0 saturated heterocycles. The van der Waals surface area contributed by atoms with Crippen molar-refractivity contribution in [2.75, 3.05) is 18.4 Å². The molecule has 0 aliphatic carbocycles. The van der Waals surface area contributed by atoms with E-state index in [0.717, 1.165) is 40.9 Å². The van der Waals surface area contributed by atoms with Gasteiger partial charge in [-0.15, -0.1) is 0 Å². The highest BCUT2D eigenvalue weighted by Gasteiger charge is 2.21. The summed E-state index contributed by atoms with van der Waals surface area (Å²) in [6.45, 7) is 6.53. The molecule has 0 spiro atoms. The number of hydrogen-bond donors (Lipinski definition) is 1. The largest absolute Gasteiger partial charge is 0.329 e. The monoisotopic (exact) mass is 514 g/mol. The fraction of sp³-hybridized carbons (Fsp3) is 0.233. The fourth-order valence-electron chi connectivity index (χ4n) is 4.18. The highest BCUT2D eigenvalue weighted by Crippen LogP contribution is 2.26. The van der Waals surface area contributed by atoms with Crippen LogP contribution in [0.25, 0.3) is 16.9 Å². The van der Waals surface area contributed by atoms with E-state index in [1.807, 2.05) is 62.4 Å². The van der Waals surface area contributed by atoms with Crippen LogP contribution in [0.1, 0.15) is 41.3 Å². The molecule has 0 fully saturated rings. The van der Waals surface area contributed by atoms with Crippen molar-refractivity contribution in [2.24, 2.45) is 0 Å². The van der Waals surface area contributed by atoms with Crippen LogP contribution in [0.4, 0.5) is 5.82 Å². The molecule has 6 nitrogen and oxygen atoms in total. The lowest BCUT2D eigenvalue weighted by Gasteiger charge is -2.22. The molecule has 4 rings (SSSR count). The summed E-state index contributed by atoms with van der Waals surface area (Å²) in [5.41, 5.74) is 5.26. The van der Waals surface area contributed by atoms with Gasteiger partial charge in [-0.05, 0) is 56.2 Å². The quantitative estimate of drug-likeness (QED) is 0.270. The molecule has 0 saturated carbocycles. The maximum absolute atomic E-state index is 13.3. The van der Waals surface area contributed by atoms with Crippen LogP contribution in [-0.2, 0) is 4.79 Å². The zero-order valence-electron chi connectivity index (χ0n) is 21.4. The summed E-state index contributed by atoms with van der Waals surface area (Å²) in [6, 6.07) is 24.5. The maximum atomic E-state index is 13.3. The predicted octanol–water partition coefficient (Wildman–Crippen LogP) is 6.69. The van der Waals surface area contributed by atoms with Gasteiger partial charge in [0.1, 0.15) is 12.4 Å². The van der Waals surface area contributed by atoms with E-state index in [2.05, 4.69) is 18.3 Å². The smallest absolute Gasteiger partial charge is 0.254 e. The zero-order valence-corrected chi connectivity index (χ0v) is 22.1. The molecule has 0 bridgehead atoms. The van der Waals surface area contributed by atoms with E-state index < -0.39 is 0 Å². The molecule has 3 aromatic carbocycles. The topological polar surface area (TPSA) is 67.2 Å². The summed E-state index contributed by atoms with van der Waals surface area (Å²) >= 11 is 5.99. The zero-order chi connectivity index (χ0) is 26.4. The molecule has 0 aliphatic rings. The highest BCUT2D eigenvalue weighted by atomic mass is 35.5. The standard InChI is InChI=1S/C30H31ClN4O2/c1-4-5-17-34(30(37)24-12-14-25(31)15-13-24)20-29(36)32-28-19-26(23-9-7-6-8-10-23)33-35(28)27-16-11-21(2)18-22(27)3/h6-16,18-19H,4-5,17,20H2,1-3H3,(H,32,36). The first-order valence-corrected chi connectivity index (χ1v) is 12.8. The van der Waals surface area contributed by atoms with E-state index in [-0.39, 0.29) is 18.4 Å². The van der Waals surface area contributed by atoms with Crippen molar-refractivity contribution in [3.63, 3.8) is 0 Å². The van der Waals surface area contributed by atoms with Crippen molar-refractivity contribution >= 4 is 29.2 Å². The van der Waals surface area contributed by atoms with Crippen molar-refractivity contribution in [1.82, 2.24) is 14.7 Å². The number of anilines is 1. The molecule has 0 aliphatic heterocycles. The molecule has 2 amide bonds. The van der Waals surface area contributed by atoms with Gasteiger partial charge < -0.3 is 10.2 Å². The third-order valence-corrected chi connectivity index (χ3v) is 6.37. The van der Waals surface area contributed by atoms with E-state index in [9.17, 15) is 9.59 Å². The first kappa shape index (κ1) is 26.2. The summed E-state index contributed by atoms with van der Waals surface area (Å²) in [7, 11) is 0. The Morgan fingerprint density at radius 3 is 2.38 bits per heavy atom. The number of nitrogens with one attached hydrogen (secondary N) is 1. The second-order valence-corrected chi connectivity index (χ2v) is 9.55. The molecule has 7 heteroatoms. The fourth-order valence-corrected chi connectivity index (χ4v) is 4.30. The summed E-state index contributed by atoms with van der Waals surface area (Å²) in [4.78, 5) is 28.0. The number of nitrogens with zero attached hydrogens (tertiary/aromatic N) is 3. The number of hydrogen-bond acceptors (Lipinski definition) is 3. The molecule has 0 radical (unpaired) electrons. The number of carbonyl (C=O) groups excluding carboxylic acids is 2. The lowest BCUT2D eigenvalue weighted by Crippen LogP contribution is -2.39. The number of carbonyl (C=O) groups is 2. The number of benzene rings is 3. The molecule has 1 N–H and O–H groups in total. The van der Waals surface area contributed by atoms with Crippen LogP contribution >= 0.6 is 11.6 Å². The second-order valence-electron chi connectivity index (χ2n) is 9.12. The van der Waals surface area contributed by atoms with Crippen LogP contribution in [0, 0.1) is 13.8 Å². The van der Waals surface area contributed by atoms with Crippen LogP contribution in [0.2, 0.25) is 5.02 Å². The van der Waals surface area contributed by atoms with Gasteiger partial charge in [0.2, 0.25) is 5.91 Å². The number of aromatic nitrogens is 2. The van der Waals surface area contributed by atoms with Crippen molar-refractivity contribution in [1.29, 1.82) is 0 Å². The van der Waals surface area contributed by atoms with Gasteiger partial charge in [0.25, 0.3) is 5.91 Å². The number of rotatable bonds is 9. The molecule has 1 heterocycles. The van der Waals surface area contributed by atoms with Gasteiger partial charge >= 0.3 is 0 Å². The van der Waals surface area contributed by atoms with Gasteiger partial charge in [-0.25, -0.2) is 4.68 Å². The third kappa shape index (κ3) is 6.46. The van der Waals surface area contributed by atoms with Crippen molar-refractivity contribution in [3.8, 4) is 16.9 Å². The second kappa shape index (κ2) is 11.9. The van der Waals surface area contributed by atoms with Gasteiger partial charge in [-0.3, -0.25) is 9.59 Å². The van der Waals surface area contributed by atoms with Crippen LogP contribution in [0.3, 0.4) is 0 Å². The van der Waals surface area contributed by atoms with Crippen LogP contribution in [0.5, 0.6) is 0 Å². The first-order valence-electron chi connectivity index (χ1n) is 12.4. The van der Waals surface area contributed by atoms with Crippen LogP contribution in [0.15, 0.2) is 78.9 Å². The lowest BCUT2D eigenvalue weighted by atomic mass is 10.1. The SMILES string of the molecule is CCCCN(CC(=O)Nc1cc(-c2ccccc2)nn1-c1ccc(C)cc1C)C(=O)c1ccc(Cl)cc1. The van der Waals surface area contributed by atoms with Crippen LogP contribution < -0.4 is 5.32 Å². The Bertz CT molecular complexity index is 1380. The maximum Gasteiger partial charge on any atom is 0.254 e. The molecule has 1 aromatic heterocycles. The summed E-state index contributed by atoms with van der Waals surface area (Å²) in [5.74, 6) is 0.0576. The first-order chi connectivity index (χ1) is 17.9. The van der Waals surface area contributed by atoms with E-state index in [0.29, 0.717) is 22.9 Å². The normalized spacial score (nSPS) is 10.8. The van der Waals surface area contributed by atoms with Crippen LogP contribution in [-0.4, -0.2) is 39.6 Å². The van der Waals surface area contributed by atoms with E-state index in [1.54, 1.807) is 33.8 Å². The summed E-state index contributed by atoms with van der Waals surface area (Å²) < 4.78 is 1.76. The summed E-state index contributed by atoms with van der Waals surface area (Å²) in [5, 5.41) is 8.39. The van der Waals surface area contributed by atoms with E-state index >= 15 is 0 Å². The van der Waals surface area contributed by atoms with Gasteiger partial charge in [-0.1, -0.05) is 73.0 Å². The molecular formula is C30H31ClN4O2. The minimum absolute atomic E-state index is 0.0693. The minimum atomic E-state index is -0.288. The predicted molar refractivity (Wildman–Crippen MR) is 149 cm³/mol. The van der Waals surface area contributed by atoms with Crippen molar-refractivity contribution in [3.05, 3.63) is 101 Å². The van der Waals surface area contributed by atoms with Gasteiger partial charge in [0.05, 0.1) is 11.4 Å². The Kier molecular flexibility index (Phi) is 8.41. The minimum Gasteiger partial charge on any atom is -0.329 e. The number of aryl methyl sites for hydroxylation is 2. The Morgan fingerprint density at radius 2 is 1.70 bits per heavy atom. The Balaban J connectivity index is 1.62. The third-order valence-electron chi connectivity index (χ3n) is 6.12. The Morgan fingerprint density at radius 1 is 0.973 bits per heavy atom. The highest BCUT2D eigenvalue weighted by molar-refractivity contribution is 6.30. The van der Waals surface area contributed by atoms with E-state index in [4.69, 9.17) is 16.7 Å². The average Bonchev–Trinajstić information content (AvgIpc) is 3.30. The Hall–Kier alpha value is -3.90. The number of halogens is 1. The van der Waals surface area contributed by atoms with Gasteiger partial charge in [0, 0.05) is 28.8 Å². The lowest BCUT2D eigenvalue weighted by molar-refractivity contribution is -0.117. The molecule has 0 unspecified atom stereocenters. The molecular weight excluding hydrogens is 484 g/mol. The van der Waals surface area contributed by atoms with Gasteiger partial charge in [-0.2, -0.15) is 5.10 Å². The molecule has 37 heavy (non-hydrogen) atoms. The molecule has 0 atom stereocenters. The molecule has 4 aromatic rings. The number of amides is 2.